The summed E-state index contributed by atoms with van der Waals surface area (Å²) in [7, 11) is 0. The van der Waals surface area contributed by atoms with Crippen LogP contribution in [0.3, 0.4) is 0 Å². The van der Waals surface area contributed by atoms with E-state index in [4.69, 9.17) is 4.42 Å². The molecule has 1 heterocycles. The Kier molecular flexibility index (Phi) is 3.10. The molecule has 0 unspecified atom stereocenters. The van der Waals surface area contributed by atoms with Crippen molar-refractivity contribution in [2.24, 2.45) is 0 Å². The quantitative estimate of drug-likeness (QED) is 0.799. The van der Waals surface area contributed by atoms with Gasteiger partial charge in [0.05, 0.1) is 0 Å². The lowest BCUT2D eigenvalue weighted by Crippen LogP contribution is -2.12. The van der Waals surface area contributed by atoms with Crippen LogP contribution in [0.25, 0.3) is 0 Å². The van der Waals surface area contributed by atoms with E-state index in [0.717, 1.165) is 5.56 Å². The molecule has 2 N–H and O–H groups in total. The van der Waals surface area contributed by atoms with Crippen LogP contribution in [0.15, 0.2) is 28.7 Å². The van der Waals surface area contributed by atoms with E-state index in [2.05, 4.69) is 5.32 Å². The molecule has 0 saturated heterocycles. The molecule has 0 fully saturated rings. The van der Waals surface area contributed by atoms with E-state index in [-0.39, 0.29) is 17.4 Å². The molecule has 4 nitrogen and oxygen atoms in total. The van der Waals surface area contributed by atoms with Gasteiger partial charge in [-0.25, -0.2) is 0 Å². The number of phenols is 1. The van der Waals surface area contributed by atoms with E-state index in [1.807, 2.05) is 6.92 Å². The number of hydrogen-bond acceptors (Lipinski definition) is 3. The number of hydrogen-bond donors (Lipinski definition) is 2. The Hall–Kier alpha value is -2.23. The minimum Gasteiger partial charge on any atom is -0.508 e. The summed E-state index contributed by atoms with van der Waals surface area (Å²) >= 11 is 0. The first kappa shape index (κ1) is 12.2. The number of furan rings is 1. The zero-order valence-electron chi connectivity index (χ0n) is 10.6. The Morgan fingerprint density at radius 2 is 1.89 bits per heavy atom. The highest BCUT2D eigenvalue weighted by Gasteiger charge is 2.12. The van der Waals surface area contributed by atoms with Gasteiger partial charge in [0.2, 0.25) is 0 Å². The van der Waals surface area contributed by atoms with E-state index in [0.29, 0.717) is 17.0 Å². The lowest BCUT2D eigenvalue weighted by molar-refractivity contribution is 0.0995. The van der Waals surface area contributed by atoms with Crippen molar-refractivity contribution in [2.75, 3.05) is 5.32 Å². The fourth-order valence-corrected chi connectivity index (χ4v) is 1.68. The third-order valence-corrected chi connectivity index (χ3v) is 2.76. The Balaban J connectivity index is 2.24. The summed E-state index contributed by atoms with van der Waals surface area (Å²) < 4.78 is 5.25. The highest BCUT2D eigenvalue weighted by molar-refractivity contribution is 6.02. The summed E-state index contributed by atoms with van der Waals surface area (Å²) in [6, 6.07) is 6.73. The van der Waals surface area contributed by atoms with Crippen LogP contribution in [0, 0.1) is 20.8 Å². The van der Waals surface area contributed by atoms with Gasteiger partial charge in [0.15, 0.2) is 5.76 Å². The van der Waals surface area contributed by atoms with E-state index in [1.165, 1.54) is 0 Å². The molecule has 1 amide bonds. The smallest absolute Gasteiger partial charge is 0.291 e. The maximum atomic E-state index is 11.9. The van der Waals surface area contributed by atoms with Crippen molar-refractivity contribution in [3.05, 3.63) is 46.9 Å². The Morgan fingerprint density at radius 3 is 2.50 bits per heavy atom. The summed E-state index contributed by atoms with van der Waals surface area (Å²) in [6.07, 6.45) is 0. The first-order valence-corrected chi connectivity index (χ1v) is 5.65. The van der Waals surface area contributed by atoms with Gasteiger partial charge in [-0.15, -0.1) is 0 Å². The SMILES string of the molecule is Cc1ccc(C(=O)Nc2cc(C)c(O)cc2C)o1. The minimum absolute atomic E-state index is 0.222. The second kappa shape index (κ2) is 4.56. The molecule has 2 rings (SSSR count). The van der Waals surface area contributed by atoms with E-state index in [1.54, 1.807) is 38.1 Å². The van der Waals surface area contributed by atoms with Crippen LogP contribution in [-0.4, -0.2) is 11.0 Å². The molecule has 0 aliphatic rings. The second-order valence-corrected chi connectivity index (χ2v) is 4.32. The first-order valence-electron chi connectivity index (χ1n) is 5.65. The molecule has 4 heteroatoms. The molecule has 0 aliphatic heterocycles. The summed E-state index contributed by atoms with van der Waals surface area (Å²) in [5, 5.41) is 12.3. The van der Waals surface area contributed by atoms with E-state index < -0.39 is 0 Å². The third kappa shape index (κ3) is 2.37. The van der Waals surface area contributed by atoms with Crippen molar-refractivity contribution >= 4 is 11.6 Å². The molecule has 0 aliphatic carbocycles. The standard InChI is InChI=1S/C14H15NO3/c1-8-7-12(16)9(2)6-11(8)15-14(17)13-5-4-10(3)18-13/h4-7,16H,1-3H3,(H,15,17). The minimum atomic E-state index is -0.295. The predicted octanol–water partition coefficient (Wildman–Crippen LogP) is 3.16. The third-order valence-electron chi connectivity index (χ3n) is 2.76. The van der Waals surface area contributed by atoms with Gasteiger partial charge >= 0.3 is 0 Å². The average Bonchev–Trinajstić information content (AvgIpc) is 2.73. The fourth-order valence-electron chi connectivity index (χ4n) is 1.68. The lowest BCUT2D eigenvalue weighted by atomic mass is 10.1. The summed E-state index contributed by atoms with van der Waals surface area (Å²) in [4.78, 5) is 11.9. The molecule has 94 valence electrons. The molecule has 18 heavy (non-hydrogen) atoms. The molecule has 1 aromatic carbocycles. The van der Waals surface area contributed by atoms with Crippen LogP contribution in [0.5, 0.6) is 5.75 Å². The zero-order valence-corrected chi connectivity index (χ0v) is 10.6. The van der Waals surface area contributed by atoms with Gasteiger partial charge in [-0.2, -0.15) is 0 Å². The molecular formula is C14H15NO3. The lowest BCUT2D eigenvalue weighted by Gasteiger charge is -2.09. The molecule has 2 aromatic rings. The van der Waals surface area contributed by atoms with Gasteiger partial charge in [0.25, 0.3) is 5.91 Å². The number of amides is 1. The van der Waals surface area contributed by atoms with Crippen molar-refractivity contribution in [3.63, 3.8) is 0 Å². The van der Waals surface area contributed by atoms with Crippen LogP contribution in [0.2, 0.25) is 0 Å². The van der Waals surface area contributed by atoms with Gasteiger partial charge < -0.3 is 14.8 Å². The van der Waals surface area contributed by atoms with Crippen molar-refractivity contribution < 1.29 is 14.3 Å². The highest BCUT2D eigenvalue weighted by Crippen LogP contribution is 2.25. The molecular weight excluding hydrogens is 230 g/mol. The molecule has 1 aromatic heterocycles. The number of nitrogens with one attached hydrogen (secondary N) is 1. The summed E-state index contributed by atoms with van der Waals surface area (Å²) in [5.41, 5.74) is 2.19. The number of carbonyl (C=O) groups excluding carboxylic acids is 1. The van der Waals surface area contributed by atoms with E-state index in [9.17, 15) is 9.90 Å². The van der Waals surface area contributed by atoms with Crippen LogP contribution < -0.4 is 5.32 Å². The monoisotopic (exact) mass is 245 g/mol. The van der Waals surface area contributed by atoms with Crippen LogP contribution in [0.4, 0.5) is 5.69 Å². The van der Waals surface area contributed by atoms with Crippen molar-refractivity contribution in [1.82, 2.24) is 0 Å². The fraction of sp³-hybridized carbons (Fsp3) is 0.214. The van der Waals surface area contributed by atoms with Gasteiger partial charge in [-0.1, -0.05) is 0 Å². The van der Waals surface area contributed by atoms with Crippen molar-refractivity contribution in [3.8, 4) is 5.75 Å². The Bertz CT molecular complexity index is 599. The van der Waals surface area contributed by atoms with Crippen LogP contribution in [-0.2, 0) is 0 Å². The number of aromatic hydroxyl groups is 1. The normalized spacial score (nSPS) is 10.4. The number of aryl methyl sites for hydroxylation is 3. The molecule has 0 spiro atoms. The maximum absolute atomic E-state index is 11.9. The number of anilines is 1. The van der Waals surface area contributed by atoms with Gasteiger partial charge in [0, 0.05) is 5.69 Å². The number of phenolic OH excluding ortho intramolecular Hbond substituents is 1. The molecule has 0 saturated carbocycles. The van der Waals surface area contributed by atoms with Gasteiger partial charge in [-0.3, -0.25) is 4.79 Å². The number of carbonyl (C=O) groups is 1. The molecule has 0 bridgehead atoms. The maximum Gasteiger partial charge on any atom is 0.291 e. The summed E-state index contributed by atoms with van der Waals surface area (Å²) in [6.45, 7) is 5.39. The van der Waals surface area contributed by atoms with Crippen LogP contribution >= 0.6 is 0 Å². The van der Waals surface area contributed by atoms with Gasteiger partial charge in [0.1, 0.15) is 11.5 Å². The molecule has 0 atom stereocenters. The van der Waals surface area contributed by atoms with E-state index >= 15 is 0 Å². The average molecular weight is 245 g/mol. The van der Waals surface area contributed by atoms with Crippen LogP contribution in [0.1, 0.15) is 27.4 Å². The largest absolute Gasteiger partial charge is 0.508 e. The first-order chi connectivity index (χ1) is 8.47. The topological polar surface area (TPSA) is 62.5 Å². The highest BCUT2D eigenvalue weighted by atomic mass is 16.3. The number of rotatable bonds is 2. The Morgan fingerprint density at radius 1 is 1.17 bits per heavy atom. The van der Waals surface area contributed by atoms with Gasteiger partial charge in [-0.05, 0) is 56.2 Å². The molecule has 0 radical (unpaired) electrons. The van der Waals surface area contributed by atoms with Crippen molar-refractivity contribution in [1.29, 1.82) is 0 Å². The Labute approximate surface area is 105 Å². The second-order valence-electron chi connectivity index (χ2n) is 4.32. The predicted molar refractivity (Wildman–Crippen MR) is 69.0 cm³/mol. The number of benzene rings is 1. The zero-order chi connectivity index (χ0) is 13.3. The summed E-state index contributed by atoms with van der Waals surface area (Å²) in [5.74, 6) is 0.895. The van der Waals surface area contributed by atoms with Crippen molar-refractivity contribution in [2.45, 2.75) is 20.8 Å².